The highest BCUT2D eigenvalue weighted by atomic mass is 35.5. The van der Waals surface area contributed by atoms with Crippen LogP contribution in [0.3, 0.4) is 0 Å². The summed E-state index contributed by atoms with van der Waals surface area (Å²) in [6, 6.07) is 20.8. The lowest BCUT2D eigenvalue weighted by atomic mass is 10.1. The molecule has 0 aliphatic heterocycles. The van der Waals surface area contributed by atoms with Gasteiger partial charge in [-0.1, -0.05) is 35.9 Å². The highest BCUT2D eigenvalue weighted by Crippen LogP contribution is 2.28. The molecule has 7 nitrogen and oxygen atoms in total. The van der Waals surface area contributed by atoms with Crippen LogP contribution in [0.5, 0.6) is 11.5 Å². The lowest BCUT2D eigenvalue weighted by Crippen LogP contribution is -2.20. The number of hydrogen-bond donors (Lipinski definition) is 2. The molecular formula is C26H22ClN3O4. The number of carbonyl (C=O) groups excluding carboxylic acids is 2. The van der Waals surface area contributed by atoms with E-state index in [9.17, 15) is 14.9 Å². The molecule has 0 heterocycles. The van der Waals surface area contributed by atoms with E-state index in [4.69, 9.17) is 21.1 Å². The second kappa shape index (κ2) is 11.5. The number of methoxy groups -OCH3 is 1. The number of nitrogens with zero attached hydrogens (tertiary/aromatic N) is 1. The molecule has 3 aromatic carbocycles. The first kappa shape index (κ1) is 24.4. The van der Waals surface area contributed by atoms with Crippen molar-refractivity contribution in [1.82, 2.24) is 0 Å². The number of para-hydroxylation sites is 1. The molecule has 2 amide bonds. The lowest BCUT2D eigenvalue weighted by molar-refractivity contribution is -0.118. The molecule has 0 fully saturated rings. The number of carbonyl (C=O) groups is 2. The normalized spacial score (nSPS) is 10.7. The van der Waals surface area contributed by atoms with Crippen molar-refractivity contribution < 1.29 is 19.1 Å². The average Bonchev–Trinajstić information content (AvgIpc) is 2.83. The minimum absolute atomic E-state index is 0.167. The van der Waals surface area contributed by atoms with Gasteiger partial charge in [-0.3, -0.25) is 9.59 Å². The summed E-state index contributed by atoms with van der Waals surface area (Å²) in [7, 11) is 1.50. The Hall–Kier alpha value is -4.28. The molecule has 2 N–H and O–H groups in total. The number of hydrogen-bond acceptors (Lipinski definition) is 5. The van der Waals surface area contributed by atoms with Crippen LogP contribution in [0, 0.1) is 18.3 Å². The van der Waals surface area contributed by atoms with Crippen molar-refractivity contribution in [3.8, 4) is 17.6 Å². The molecule has 0 saturated heterocycles. The Morgan fingerprint density at radius 3 is 2.56 bits per heavy atom. The Morgan fingerprint density at radius 2 is 1.85 bits per heavy atom. The van der Waals surface area contributed by atoms with Gasteiger partial charge in [0.1, 0.15) is 23.1 Å². The van der Waals surface area contributed by atoms with E-state index < -0.39 is 5.91 Å². The topological polar surface area (TPSA) is 100 Å². The Morgan fingerprint density at radius 1 is 1.06 bits per heavy atom. The monoisotopic (exact) mass is 475 g/mol. The zero-order valence-electron chi connectivity index (χ0n) is 18.6. The van der Waals surface area contributed by atoms with Crippen molar-refractivity contribution in [2.24, 2.45) is 0 Å². The van der Waals surface area contributed by atoms with E-state index in [2.05, 4.69) is 10.6 Å². The van der Waals surface area contributed by atoms with E-state index in [1.165, 1.54) is 13.2 Å². The molecule has 3 rings (SSSR count). The van der Waals surface area contributed by atoms with Gasteiger partial charge in [-0.2, -0.15) is 5.26 Å². The van der Waals surface area contributed by atoms with E-state index in [0.29, 0.717) is 27.7 Å². The summed E-state index contributed by atoms with van der Waals surface area (Å²) < 4.78 is 10.9. The summed E-state index contributed by atoms with van der Waals surface area (Å²) in [5, 5.41) is 15.3. The molecule has 0 saturated carbocycles. The molecule has 0 aliphatic rings. The number of ether oxygens (including phenoxy) is 2. The largest absolute Gasteiger partial charge is 0.497 e. The fraction of sp³-hybridized carbons (Fsp3) is 0.115. The van der Waals surface area contributed by atoms with Gasteiger partial charge in [-0.25, -0.2) is 0 Å². The van der Waals surface area contributed by atoms with Gasteiger partial charge in [0.05, 0.1) is 17.8 Å². The predicted molar refractivity (Wildman–Crippen MR) is 132 cm³/mol. The molecule has 0 bridgehead atoms. The molecule has 172 valence electrons. The second-order valence-electron chi connectivity index (χ2n) is 7.21. The smallest absolute Gasteiger partial charge is 0.266 e. The van der Waals surface area contributed by atoms with Crippen LogP contribution in [-0.4, -0.2) is 25.5 Å². The van der Waals surface area contributed by atoms with Crippen LogP contribution in [0.15, 0.2) is 72.3 Å². The zero-order valence-corrected chi connectivity index (χ0v) is 19.3. The van der Waals surface area contributed by atoms with Crippen LogP contribution in [0.25, 0.3) is 6.08 Å². The molecule has 34 heavy (non-hydrogen) atoms. The first-order chi connectivity index (χ1) is 16.4. The van der Waals surface area contributed by atoms with Crippen molar-refractivity contribution in [1.29, 1.82) is 5.26 Å². The van der Waals surface area contributed by atoms with Crippen molar-refractivity contribution in [3.63, 3.8) is 0 Å². The first-order valence-corrected chi connectivity index (χ1v) is 10.6. The Labute approximate surface area is 202 Å². The number of benzene rings is 3. The molecule has 8 heteroatoms. The molecule has 0 unspecified atom stereocenters. The predicted octanol–water partition coefficient (Wildman–Crippen LogP) is 5.22. The molecule has 0 radical (unpaired) electrons. The van der Waals surface area contributed by atoms with Crippen LogP contribution in [0.2, 0.25) is 5.02 Å². The third kappa shape index (κ3) is 6.61. The van der Waals surface area contributed by atoms with Gasteiger partial charge in [0.15, 0.2) is 6.61 Å². The number of nitrogens with one attached hydrogen (secondary N) is 2. The van der Waals surface area contributed by atoms with E-state index in [0.717, 1.165) is 5.56 Å². The third-order valence-electron chi connectivity index (χ3n) is 4.67. The first-order valence-electron chi connectivity index (χ1n) is 10.2. The van der Waals surface area contributed by atoms with Gasteiger partial charge < -0.3 is 20.1 Å². The fourth-order valence-corrected chi connectivity index (χ4v) is 3.19. The zero-order chi connectivity index (χ0) is 24.5. The minimum Gasteiger partial charge on any atom is -0.497 e. The van der Waals surface area contributed by atoms with Crippen LogP contribution in [-0.2, 0) is 9.59 Å². The van der Waals surface area contributed by atoms with Crippen LogP contribution in [0.4, 0.5) is 11.4 Å². The van der Waals surface area contributed by atoms with Gasteiger partial charge in [-0.05, 0) is 55.0 Å². The fourth-order valence-electron chi connectivity index (χ4n) is 3.01. The van der Waals surface area contributed by atoms with Gasteiger partial charge in [0, 0.05) is 17.3 Å². The Balaban J connectivity index is 1.78. The maximum atomic E-state index is 12.6. The molecular weight excluding hydrogens is 454 g/mol. The number of anilines is 2. The summed E-state index contributed by atoms with van der Waals surface area (Å²) in [6.45, 7) is 1.64. The molecule has 0 aliphatic carbocycles. The van der Waals surface area contributed by atoms with E-state index in [1.807, 2.05) is 31.2 Å². The van der Waals surface area contributed by atoms with Crippen LogP contribution in [0.1, 0.15) is 11.1 Å². The van der Waals surface area contributed by atoms with Crippen molar-refractivity contribution in [2.75, 3.05) is 24.4 Å². The van der Waals surface area contributed by atoms with Crippen molar-refractivity contribution in [3.05, 3.63) is 88.5 Å². The molecule has 0 atom stereocenters. The minimum atomic E-state index is -0.630. The number of aryl methyl sites for hydroxylation is 1. The van der Waals surface area contributed by atoms with Gasteiger partial charge in [0.2, 0.25) is 0 Å². The van der Waals surface area contributed by atoms with Gasteiger partial charge in [0.25, 0.3) is 11.8 Å². The lowest BCUT2D eigenvalue weighted by Gasteiger charge is -2.12. The van der Waals surface area contributed by atoms with Crippen LogP contribution >= 0.6 is 11.6 Å². The quantitative estimate of drug-likeness (QED) is 0.343. The molecule has 0 aromatic heterocycles. The summed E-state index contributed by atoms with van der Waals surface area (Å²) in [5.41, 5.74) is 2.31. The van der Waals surface area contributed by atoms with Gasteiger partial charge in [-0.15, -0.1) is 0 Å². The highest BCUT2D eigenvalue weighted by molar-refractivity contribution is 6.34. The maximum absolute atomic E-state index is 12.6. The number of halogens is 1. The maximum Gasteiger partial charge on any atom is 0.266 e. The number of rotatable bonds is 8. The van der Waals surface area contributed by atoms with Crippen molar-refractivity contribution in [2.45, 2.75) is 6.92 Å². The standard InChI is InChI=1S/C26H22ClN3O4/c1-17-6-5-7-20(12-17)29-25(31)16-34-24-14-21(33-2)11-10-18(24)13-19(15-28)26(32)30-23-9-4-3-8-22(23)27/h3-14H,16H2,1-2H3,(H,29,31)(H,30,32)/b19-13+. The molecule has 3 aromatic rings. The summed E-state index contributed by atoms with van der Waals surface area (Å²) >= 11 is 6.08. The van der Waals surface area contributed by atoms with E-state index in [-0.39, 0.29) is 23.8 Å². The van der Waals surface area contributed by atoms with E-state index >= 15 is 0 Å². The Bertz CT molecular complexity index is 1280. The molecule has 0 spiro atoms. The SMILES string of the molecule is COc1ccc(/C=C(\C#N)C(=O)Nc2ccccc2Cl)c(OCC(=O)Nc2cccc(C)c2)c1. The number of amides is 2. The van der Waals surface area contributed by atoms with Crippen molar-refractivity contribution >= 4 is 40.9 Å². The summed E-state index contributed by atoms with van der Waals surface area (Å²) in [4.78, 5) is 25.0. The third-order valence-corrected chi connectivity index (χ3v) is 5.00. The highest BCUT2D eigenvalue weighted by Gasteiger charge is 2.14. The Kier molecular flexibility index (Phi) is 8.27. The summed E-state index contributed by atoms with van der Waals surface area (Å²) in [6.07, 6.45) is 1.37. The van der Waals surface area contributed by atoms with Crippen LogP contribution < -0.4 is 20.1 Å². The average molecular weight is 476 g/mol. The van der Waals surface area contributed by atoms with Gasteiger partial charge >= 0.3 is 0 Å². The number of nitriles is 1. The summed E-state index contributed by atoms with van der Waals surface area (Å²) in [5.74, 6) is -0.225. The van der Waals surface area contributed by atoms with E-state index in [1.54, 1.807) is 48.5 Å². The second-order valence-corrected chi connectivity index (χ2v) is 7.62.